The molecule has 0 amide bonds. The maximum absolute atomic E-state index is 13.4. The average Bonchev–Trinajstić information content (AvgIpc) is 4.13. The van der Waals surface area contributed by atoms with Crippen molar-refractivity contribution in [1.29, 1.82) is 0 Å². The highest BCUT2D eigenvalue weighted by Gasteiger charge is 2.65. The molecule has 0 bridgehead atoms. The zero-order valence-electron chi connectivity index (χ0n) is 41.4. The molecule has 14 nitrogen and oxygen atoms in total. The second-order valence-corrected chi connectivity index (χ2v) is 24.7. The van der Waals surface area contributed by atoms with Crippen LogP contribution in [0.2, 0.25) is 0 Å². The number of nitrogens with one attached hydrogen (secondary N) is 1. The molecule has 2 aromatic rings. The van der Waals surface area contributed by atoms with Crippen molar-refractivity contribution in [2.75, 3.05) is 32.8 Å². The van der Waals surface area contributed by atoms with Crippen molar-refractivity contribution in [3.63, 3.8) is 0 Å². The van der Waals surface area contributed by atoms with Gasteiger partial charge < -0.3 is 29.9 Å². The van der Waals surface area contributed by atoms with Crippen LogP contribution in [0.3, 0.4) is 0 Å². The van der Waals surface area contributed by atoms with E-state index in [0.717, 1.165) is 89.8 Å². The minimum absolute atomic E-state index is 0. The van der Waals surface area contributed by atoms with Crippen molar-refractivity contribution in [3.05, 3.63) is 23.8 Å². The Hall–Kier alpha value is -2.14. The lowest BCUT2D eigenvalue weighted by atomic mass is 9.43. The number of rotatable bonds is 11. The Labute approximate surface area is 422 Å². The summed E-state index contributed by atoms with van der Waals surface area (Å²) in [6.45, 7) is 10.5. The number of aromatic amines is 1. The van der Waals surface area contributed by atoms with E-state index in [1.807, 2.05) is 28.1 Å². The number of hydrogen-bond donors (Lipinski definition) is 5. The van der Waals surface area contributed by atoms with E-state index in [-0.39, 0.29) is 73.9 Å². The van der Waals surface area contributed by atoms with E-state index in [1.54, 1.807) is 0 Å². The van der Waals surface area contributed by atoms with Crippen LogP contribution in [0, 0.1) is 80.8 Å². The highest BCUT2D eigenvalue weighted by Crippen LogP contribution is 2.70. The van der Waals surface area contributed by atoms with Crippen LogP contribution in [0.15, 0.2) is 12.4 Å². The monoisotopic (exact) mass is 1030 g/mol. The predicted molar refractivity (Wildman–Crippen MR) is 270 cm³/mol. The van der Waals surface area contributed by atoms with E-state index in [2.05, 4.69) is 55.4 Å². The number of methoxy groups -OCH3 is 2. The molecule has 0 radical (unpaired) electrons. The van der Waals surface area contributed by atoms with Crippen LogP contribution in [0.5, 0.6) is 0 Å². The summed E-state index contributed by atoms with van der Waals surface area (Å²) in [7, 11) is 3.69. The Balaban J connectivity index is 0.000000196. The number of hydrogen-bond acceptors (Lipinski definition) is 12. The minimum Gasteiger partial charge on any atom is -0.390 e. The van der Waals surface area contributed by atoms with Crippen molar-refractivity contribution < 1.29 is 39.5 Å². The lowest BCUT2D eigenvalue weighted by Gasteiger charge is -2.62. The van der Waals surface area contributed by atoms with Crippen LogP contribution >= 0.6 is 15.9 Å². The Kier molecular flexibility index (Phi) is 18.0. The first-order valence-corrected chi connectivity index (χ1v) is 27.0. The van der Waals surface area contributed by atoms with Crippen LogP contribution in [0.1, 0.15) is 170 Å². The Bertz CT molecular complexity index is 2000. The molecular weight excluding hydrogens is 941 g/mol. The van der Waals surface area contributed by atoms with E-state index < -0.39 is 11.2 Å². The standard InChI is InChI=1S/C26H41N3O4.C23H37BrO3.C3H5N3O.2CH4/c1-24(32)10-11-26(16-33-3)17(12-24)4-5-19-20-6-7-22(25(20,2)9-8-21(19)26)23(31)14-29-27-13-18(15-30)28-29;1-21(26)10-11-23(14-27-3)15(12-21)4-5-16-17-6-7-19(20(25)13-24)22(17,2)9-8-18(16)23;7-2-3-1-4-6-5-3;;/h13,17,19-22,30,32H,4-12,14-16H2,1-3H3;15-19,26H,4-14H2,1-3H3;1,7H,2H2,(H,4,5,6);2*1H4/t17-,19-,20-,21-,22+,24+,25-,26+;15-,16-,17-,18-,19+,21+,22-,23+;;;/m00.../s1. The van der Waals surface area contributed by atoms with Gasteiger partial charge in [-0.3, -0.25) is 9.59 Å². The molecule has 69 heavy (non-hydrogen) atoms. The number of halogens is 1. The molecule has 2 heterocycles. The third-order valence-electron chi connectivity index (χ3n) is 20.7. The van der Waals surface area contributed by atoms with Crippen molar-refractivity contribution >= 4 is 27.5 Å². The molecule has 16 atom stereocenters. The number of nitrogens with zero attached hydrogens (tertiary/aromatic N) is 5. The number of ketones is 2. The summed E-state index contributed by atoms with van der Waals surface area (Å²) in [6, 6.07) is 0. The topological polar surface area (TPSA) is 206 Å². The largest absolute Gasteiger partial charge is 0.390 e. The average molecular weight is 1030 g/mol. The molecule has 392 valence electrons. The van der Waals surface area contributed by atoms with E-state index in [1.165, 1.54) is 62.1 Å². The maximum atomic E-state index is 13.4. The molecule has 8 aliphatic carbocycles. The number of fused-ring (bicyclic) bond motifs is 10. The summed E-state index contributed by atoms with van der Waals surface area (Å²) in [5.74, 6) is 6.14. The second kappa shape index (κ2) is 22.1. The third-order valence-corrected chi connectivity index (χ3v) is 21.3. The summed E-state index contributed by atoms with van der Waals surface area (Å²) in [6.07, 6.45) is 22.8. The van der Waals surface area contributed by atoms with Gasteiger partial charge in [0.2, 0.25) is 0 Å². The molecule has 8 aliphatic rings. The number of aliphatic hydroxyl groups excluding tert-OH is 2. The molecule has 0 unspecified atom stereocenters. The summed E-state index contributed by atoms with van der Waals surface area (Å²) < 4.78 is 11.7. The molecule has 5 N–H and O–H groups in total. The fourth-order valence-electron chi connectivity index (χ4n) is 17.8. The van der Waals surface area contributed by atoms with Gasteiger partial charge in [-0.15, -0.1) is 0 Å². The molecule has 0 spiro atoms. The van der Waals surface area contributed by atoms with Gasteiger partial charge in [0.05, 0.1) is 55.4 Å². The van der Waals surface area contributed by atoms with Crippen LogP contribution < -0.4 is 0 Å². The molecule has 0 saturated heterocycles. The number of H-pyrrole nitrogens is 1. The minimum atomic E-state index is -0.542. The number of Topliss-reactive ketones (excluding diaryl/α,β-unsaturated/α-hetero) is 2. The van der Waals surface area contributed by atoms with Crippen molar-refractivity contribution in [2.45, 2.75) is 189 Å². The number of aromatic nitrogens is 6. The van der Waals surface area contributed by atoms with Crippen LogP contribution in [0.25, 0.3) is 0 Å². The van der Waals surface area contributed by atoms with Gasteiger partial charge in [0.1, 0.15) is 23.7 Å². The van der Waals surface area contributed by atoms with Gasteiger partial charge in [-0.1, -0.05) is 44.6 Å². The molecule has 2 aromatic heterocycles. The van der Waals surface area contributed by atoms with Crippen LogP contribution in [0.4, 0.5) is 0 Å². The quantitative estimate of drug-likeness (QED) is 0.134. The zero-order valence-corrected chi connectivity index (χ0v) is 43.0. The lowest BCUT2D eigenvalue weighted by Crippen LogP contribution is -2.58. The van der Waals surface area contributed by atoms with Gasteiger partial charge in [0.25, 0.3) is 0 Å². The normalized spacial score (nSPS) is 42.7. The smallest absolute Gasteiger partial charge is 0.159 e. The first kappa shape index (κ1) is 56.2. The summed E-state index contributed by atoms with van der Waals surface area (Å²) >= 11 is 3.43. The predicted octanol–water partition coefficient (Wildman–Crippen LogP) is 8.93. The van der Waals surface area contributed by atoms with E-state index >= 15 is 0 Å². The van der Waals surface area contributed by atoms with Gasteiger partial charge in [-0.25, -0.2) is 0 Å². The number of ether oxygens (including phenoxy) is 2. The number of aliphatic hydroxyl groups is 4. The fraction of sp³-hybridized carbons (Fsp3) is 0.889. The highest BCUT2D eigenvalue weighted by molar-refractivity contribution is 9.09. The zero-order chi connectivity index (χ0) is 48.0. The van der Waals surface area contributed by atoms with E-state index in [0.29, 0.717) is 63.9 Å². The number of alkyl halides is 1. The summed E-state index contributed by atoms with van der Waals surface area (Å²) in [5.41, 5.74) is 0.713. The van der Waals surface area contributed by atoms with Crippen molar-refractivity contribution in [1.82, 2.24) is 30.4 Å². The van der Waals surface area contributed by atoms with Crippen LogP contribution in [-0.2, 0) is 38.8 Å². The highest BCUT2D eigenvalue weighted by atomic mass is 79.9. The van der Waals surface area contributed by atoms with Gasteiger partial charge >= 0.3 is 0 Å². The Morgan fingerprint density at radius 3 is 1.57 bits per heavy atom. The second-order valence-electron chi connectivity index (χ2n) is 24.1. The number of carbonyl (C=O) groups is 2. The molecule has 0 aromatic carbocycles. The molecule has 15 heteroatoms. The molecule has 10 rings (SSSR count). The molecule has 0 aliphatic heterocycles. The van der Waals surface area contributed by atoms with Gasteiger partial charge in [0.15, 0.2) is 5.78 Å². The van der Waals surface area contributed by atoms with E-state index in [9.17, 15) is 24.9 Å². The van der Waals surface area contributed by atoms with Gasteiger partial charge in [-0.05, 0) is 198 Å². The lowest BCUT2D eigenvalue weighted by molar-refractivity contribution is -0.175. The third kappa shape index (κ3) is 10.5. The Morgan fingerprint density at radius 1 is 0.667 bits per heavy atom. The van der Waals surface area contributed by atoms with Gasteiger partial charge in [-0.2, -0.15) is 30.4 Å². The molecule has 8 fully saturated rings. The summed E-state index contributed by atoms with van der Waals surface area (Å²) in [5, 5.41) is 57.4. The maximum Gasteiger partial charge on any atom is 0.159 e. The first-order chi connectivity index (χ1) is 31.9. The summed E-state index contributed by atoms with van der Waals surface area (Å²) in [4.78, 5) is 27.4. The first-order valence-electron chi connectivity index (χ1n) is 25.9. The van der Waals surface area contributed by atoms with Crippen LogP contribution in [-0.4, -0.2) is 106 Å². The fourth-order valence-corrected chi connectivity index (χ4v) is 18.1. The number of carbonyl (C=O) groups excluding carboxylic acids is 2. The molecule has 8 saturated carbocycles. The van der Waals surface area contributed by atoms with Crippen molar-refractivity contribution in [3.8, 4) is 0 Å². The van der Waals surface area contributed by atoms with Gasteiger partial charge in [0, 0.05) is 26.1 Å². The van der Waals surface area contributed by atoms with Crippen molar-refractivity contribution in [2.24, 2.45) is 80.8 Å². The molecular formula is C54H91BrN6O8. The van der Waals surface area contributed by atoms with E-state index in [4.69, 9.17) is 14.6 Å². The SMILES string of the molecule is C.C.COC[C@]12CC[C@@](C)(O)C[C@@H]1CC[C@H]1[C@@H]3CC[C@H](C(=O)CBr)[C@@]3(C)CC[C@@H]12.COC[C@]12CC[C@@](C)(O)C[C@@H]1CC[C@H]1[C@@H]3CC[C@H](C(=O)Cn4ncc(CO)n4)[C@@]3(C)CC[C@@H]12.OCc1cn[nH]n1. The Morgan fingerprint density at radius 2 is 1.16 bits per heavy atom.